The molecule has 0 bridgehead atoms. The van der Waals surface area contributed by atoms with E-state index in [-0.39, 0.29) is 23.5 Å². The Labute approximate surface area is 190 Å². The smallest absolute Gasteiger partial charge is 0.324 e. The molecule has 2 N–H and O–H groups in total. The predicted octanol–water partition coefficient (Wildman–Crippen LogP) is 1.73. The Morgan fingerprint density at radius 2 is 1.76 bits per heavy atom. The van der Waals surface area contributed by atoms with E-state index in [1.165, 1.54) is 34.4 Å². The highest BCUT2D eigenvalue weighted by Gasteiger charge is 2.68. The first kappa shape index (κ1) is 23.3. The molecule has 1 aliphatic heterocycles. The van der Waals surface area contributed by atoms with Gasteiger partial charge in [0, 0.05) is 13.6 Å². The second kappa shape index (κ2) is 8.15. The first-order chi connectivity index (χ1) is 16.0. The molecule has 1 atom stereocenters. The van der Waals surface area contributed by atoms with Gasteiger partial charge >= 0.3 is 17.9 Å². The maximum absolute atomic E-state index is 14.2. The van der Waals surface area contributed by atoms with Crippen molar-refractivity contribution in [3.8, 4) is 0 Å². The molecule has 1 saturated heterocycles. The lowest BCUT2D eigenvalue weighted by Gasteiger charge is -2.29. The molecule has 34 heavy (non-hydrogen) atoms. The number of aryl methyl sites for hydroxylation is 2. The number of urea groups is 1. The summed E-state index contributed by atoms with van der Waals surface area (Å²) in [6, 6.07) is 5.11. The van der Waals surface area contributed by atoms with E-state index in [9.17, 15) is 32.3 Å². The molecule has 3 amide bonds. The third-order valence-electron chi connectivity index (χ3n) is 5.88. The lowest BCUT2D eigenvalue weighted by atomic mass is 9.89. The Balaban J connectivity index is 1.80. The van der Waals surface area contributed by atoms with Crippen LogP contribution in [0, 0.1) is 0 Å². The highest BCUT2D eigenvalue weighted by atomic mass is 19.4. The van der Waals surface area contributed by atoms with Gasteiger partial charge in [-0.15, -0.1) is 0 Å². The number of imidazole rings is 1. The van der Waals surface area contributed by atoms with Crippen molar-refractivity contribution in [2.45, 2.75) is 44.6 Å². The lowest BCUT2D eigenvalue weighted by molar-refractivity contribution is -0.198. The Morgan fingerprint density at radius 3 is 2.38 bits per heavy atom. The SMILES string of the molecule is CCCCn1c(=O)[nH]c(=O)c2c1nc(CN1C(=O)NC(c3ccccc3)(C(F)(F)F)C1=O)n2C. The maximum atomic E-state index is 14.2. The fraction of sp³-hybridized carbons (Fsp3) is 0.381. The molecule has 10 nitrogen and oxygen atoms in total. The number of H-pyrrole nitrogens is 1. The van der Waals surface area contributed by atoms with Crippen LogP contribution in [0.1, 0.15) is 31.2 Å². The molecular formula is C21H21F3N6O4. The fourth-order valence-electron chi connectivity index (χ4n) is 4.06. The summed E-state index contributed by atoms with van der Waals surface area (Å²) in [4.78, 5) is 57.3. The standard InChI is InChI=1S/C21H21F3N6O4/c1-3-4-10-29-15-14(16(31)26-18(29)33)28(2)13(25-15)11-30-17(32)20(21(22,23)24,27-19(30)34)12-8-6-5-7-9-12/h5-9H,3-4,10-11H2,1-2H3,(H,27,34)(H,26,31,33). The number of aromatic nitrogens is 4. The van der Waals surface area contributed by atoms with E-state index in [2.05, 4.69) is 9.97 Å². The summed E-state index contributed by atoms with van der Waals surface area (Å²) in [5.74, 6) is -1.55. The van der Waals surface area contributed by atoms with Crippen LogP contribution < -0.4 is 16.6 Å². The molecule has 1 unspecified atom stereocenters. The number of rotatable bonds is 6. The first-order valence-electron chi connectivity index (χ1n) is 10.5. The zero-order valence-corrected chi connectivity index (χ0v) is 18.3. The van der Waals surface area contributed by atoms with Gasteiger partial charge < -0.3 is 9.88 Å². The van der Waals surface area contributed by atoms with Crippen molar-refractivity contribution in [3.63, 3.8) is 0 Å². The summed E-state index contributed by atoms with van der Waals surface area (Å²) in [5.41, 5.74) is -5.07. The number of hydrogen-bond donors (Lipinski definition) is 2. The van der Waals surface area contributed by atoms with Crippen molar-refractivity contribution in [2.24, 2.45) is 7.05 Å². The molecule has 3 aromatic rings. The number of amides is 3. The van der Waals surface area contributed by atoms with E-state index in [1.54, 1.807) is 0 Å². The molecule has 3 heterocycles. The number of unbranched alkanes of at least 4 members (excludes halogenated alkanes) is 1. The van der Waals surface area contributed by atoms with Crippen molar-refractivity contribution in [1.82, 2.24) is 29.3 Å². The monoisotopic (exact) mass is 478 g/mol. The Hall–Kier alpha value is -3.90. The van der Waals surface area contributed by atoms with Gasteiger partial charge in [-0.05, 0) is 12.0 Å². The summed E-state index contributed by atoms with van der Waals surface area (Å²) < 4.78 is 45.1. The minimum Gasteiger partial charge on any atom is -0.324 e. The van der Waals surface area contributed by atoms with Gasteiger partial charge in [0.15, 0.2) is 11.2 Å². The predicted molar refractivity (Wildman–Crippen MR) is 114 cm³/mol. The van der Waals surface area contributed by atoms with E-state index in [1.807, 2.05) is 12.2 Å². The van der Waals surface area contributed by atoms with E-state index < -0.39 is 47.0 Å². The number of halogens is 3. The highest BCUT2D eigenvalue weighted by molar-refractivity contribution is 6.08. The van der Waals surface area contributed by atoms with Gasteiger partial charge in [0.1, 0.15) is 5.82 Å². The fourth-order valence-corrected chi connectivity index (χ4v) is 4.06. The van der Waals surface area contributed by atoms with Crippen molar-refractivity contribution < 1.29 is 22.8 Å². The number of aromatic amines is 1. The van der Waals surface area contributed by atoms with Crippen molar-refractivity contribution in [2.75, 3.05) is 0 Å². The zero-order valence-electron chi connectivity index (χ0n) is 18.3. The largest absolute Gasteiger partial charge is 0.425 e. The number of nitrogens with one attached hydrogen (secondary N) is 2. The first-order valence-corrected chi connectivity index (χ1v) is 10.5. The highest BCUT2D eigenvalue weighted by Crippen LogP contribution is 2.43. The van der Waals surface area contributed by atoms with Crippen LogP contribution in [0.25, 0.3) is 11.2 Å². The van der Waals surface area contributed by atoms with Crippen LogP contribution in [0.15, 0.2) is 39.9 Å². The molecule has 2 aromatic heterocycles. The molecule has 1 fully saturated rings. The van der Waals surface area contributed by atoms with Gasteiger partial charge in [-0.25, -0.2) is 14.6 Å². The number of carbonyl (C=O) groups excluding carboxylic acids is 2. The summed E-state index contributed by atoms with van der Waals surface area (Å²) in [6.07, 6.45) is -3.75. The third-order valence-corrected chi connectivity index (χ3v) is 5.88. The van der Waals surface area contributed by atoms with Gasteiger partial charge in [0.05, 0.1) is 6.54 Å². The molecule has 13 heteroatoms. The number of carbonyl (C=O) groups is 2. The van der Waals surface area contributed by atoms with Crippen LogP contribution >= 0.6 is 0 Å². The Bertz CT molecular complexity index is 1390. The number of nitrogens with zero attached hydrogens (tertiary/aromatic N) is 4. The number of hydrogen-bond acceptors (Lipinski definition) is 5. The second-order valence-corrected chi connectivity index (χ2v) is 7.96. The van der Waals surface area contributed by atoms with Crippen molar-refractivity contribution >= 4 is 23.1 Å². The molecular weight excluding hydrogens is 457 g/mol. The van der Waals surface area contributed by atoms with Crippen LogP contribution in [0.2, 0.25) is 0 Å². The summed E-state index contributed by atoms with van der Waals surface area (Å²) in [6.45, 7) is 1.53. The number of benzene rings is 1. The number of imide groups is 1. The summed E-state index contributed by atoms with van der Waals surface area (Å²) in [5, 5.41) is 1.81. The lowest BCUT2D eigenvalue weighted by Crippen LogP contribution is -2.55. The normalized spacial score (nSPS) is 18.7. The van der Waals surface area contributed by atoms with Crippen molar-refractivity contribution in [3.05, 3.63) is 62.6 Å². The average molecular weight is 478 g/mol. The van der Waals surface area contributed by atoms with E-state index in [0.717, 1.165) is 18.6 Å². The molecule has 4 rings (SSSR count). The Morgan fingerprint density at radius 1 is 1.09 bits per heavy atom. The topological polar surface area (TPSA) is 122 Å². The van der Waals surface area contributed by atoms with Gasteiger partial charge in [-0.2, -0.15) is 13.2 Å². The molecule has 180 valence electrons. The van der Waals surface area contributed by atoms with Crippen LogP contribution in [-0.4, -0.2) is 42.1 Å². The van der Waals surface area contributed by atoms with Gasteiger partial charge in [-0.1, -0.05) is 43.7 Å². The van der Waals surface area contributed by atoms with Crippen molar-refractivity contribution in [1.29, 1.82) is 0 Å². The Kier molecular flexibility index (Phi) is 5.58. The molecule has 0 aliphatic carbocycles. The minimum atomic E-state index is -5.13. The van der Waals surface area contributed by atoms with E-state index in [0.29, 0.717) is 11.3 Å². The van der Waals surface area contributed by atoms with Crippen LogP contribution in [0.3, 0.4) is 0 Å². The van der Waals surface area contributed by atoms with Crippen LogP contribution in [0.4, 0.5) is 18.0 Å². The summed E-state index contributed by atoms with van der Waals surface area (Å²) in [7, 11) is 1.42. The second-order valence-electron chi connectivity index (χ2n) is 7.96. The maximum Gasteiger partial charge on any atom is 0.425 e. The number of alkyl halides is 3. The molecule has 0 spiro atoms. The molecule has 0 radical (unpaired) electrons. The van der Waals surface area contributed by atoms with Gasteiger partial charge in [0.25, 0.3) is 11.5 Å². The molecule has 1 aromatic carbocycles. The molecule has 1 aliphatic rings. The zero-order chi connectivity index (χ0) is 24.8. The molecule has 0 saturated carbocycles. The van der Waals surface area contributed by atoms with E-state index in [4.69, 9.17) is 0 Å². The number of fused-ring (bicyclic) bond motifs is 1. The van der Waals surface area contributed by atoms with Crippen LogP contribution in [-0.2, 0) is 30.5 Å². The average Bonchev–Trinajstić information content (AvgIpc) is 3.24. The third kappa shape index (κ3) is 3.38. The quantitative estimate of drug-likeness (QED) is 0.523. The van der Waals surface area contributed by atoms with E-state index >= 15 is 0 Å². The van der Waals surface area contributed by atoms with Crippen LogP contribution in [0.5, 0.6) is 0 Å². The minimum absolute atomic E-state index is 0.00269. The van der Waals surface area contributed by atoms with Gasteiger partial charge in [-0.3, -0.25) is 24.0 Å². The summed E-state index contributed by atoms with van der Waals surface area (Å²) >= 11 is 0. The van der Waals surface area contributed by atoms with Gasteiger partial charge in [0.2, 0.25) is 5.54 Å².